The number of hydrogen-bond donors (Lipinski definition) is 3. The topological polar surface area (TPSA) is 119 Å². The number of aromatic nitrogens is 2. The van der Waals surface area contributed by atoms with Crippen molar-refractivity contribution in [2.24, 2.45) is 5.73 Å². The minimum Gasteiger partial charge on any atom is -0.493 e. The summed E-state index contributed by atoms with van der Waals surface area (Å²) in [5, 5.41) is 5.29. The third-order valence-electron chi connectivity index (χ3n) is 3.85. The molecule has 2 heterocycles. The van der Waals surface area contributed by atoms with Crippen LogP contribution in [-0.2, 0) is 4.79 Å². The molecule has 1 amide bonds. The molecule has 1 aliphatic rings. The molecule has 0 unspecified atom stereocenters. The highest BCUT2D eigenvalue weighted by Gasteiger charge is 2.27. The number of fused-ring (bicyclic) bond motifs is 1. The van der Waals surface area contributed by atoms with Crippen molar-refractivity contribution in [3.05, 3.63) is 39.3 Å². The van der Waals surface area contributed by atoms with Crippen molar-refractivity contribution < 1.29 is 19.0 Å². The van der Waals surface area contributed by atoms with E-state index in [0.717, 1.165) is 0 Å². The molecule has 1 atom stereocenters. The number of amides is 1. The fraction of sp³-hybridized carbons (Fsp3) is 0.333. The minimum absolute atomic E-state index is 0.00935. The summed E-state index contributed by atoms with van der Waals surface area (Å²) in [6.45, 7) is 1.85. The summed E-state index contributed by atoms with van der Waals surface area (Å²) in [5.74, 6) is 0.485. The number of benzene rings is 1. The molecule has 2 aromatic rings. The van der Waals surface area contributed by atoms with Crippen molar-refractivity contribution in [2.75, 3.05) is 13.9 Å². The zero-order chi connectivity index (χ0) is 16.6. The first kappa shape index (κ1) is 15.0. The van der Waals surface area contributed by atoms with Crippen LogP contribution in [0.5, 0.6) is 17.2 Å². The quantitative estimate of drug-likeness (QED) is 0.751. The molecular weight excluding hydrogens is 302 g/mol. The molecule has 0 saturated heterocycles. The van der Waals surface area contributed by atoms with E-state index in [9.17, 15) is 9.59 Å². The van der Waals surface area contributed by atoms with E-state index in [1.54, 1.807) is 19.1 Å². The smallest absolute Gasteiger partial charge is 0.267 e. The van der Waals surface area contributed by atoms with Gasteiger partial charge in [0, 0.05) is 23.6 Å². The van der Waals surface area contributed by atoms with Gasteiger partial charge in [0.05, 0.1) is 7.11 Å². The molecule has 23 heavy (non-hydrogen) atoms. The molecular formula is C15H17N3O5. The maximum Gasteiger partial charge on any atom is 0.267 e. The molecule has 0 spiro atoms. The SMILES string of the molecule is COc1cc([C@H](CC(N)=O)c2c(C)[nH][nH]c2=O)cc2c1OCO2. The van der Waals surface area contributed by atoms with Crippen LogP contribution in [0, 0.1) is 6.92 Å². The standard InChI is InChI=1S/C15H17N3O5/c1-7-13(15(20)18-17-7)9(5-12(16)19)8-3-10(21-2)14-11(4-8)22-6-23-14/h3-4,9H,5-6H2,1-2H3,(H2,16,19)(H2,17,18,20)/t9-/m0/s1. The second-order valence-corrected chi connectivity index (χ2v) is 5.30. The maximum absolute atomic E-state index is 12.1. The zero-order valence-electron chi connectivity index (χ0n) is 12.8. The normalized spacial score (nSPS) is 13.8. The van der Waals surface area contributed by atoms with Gasteiger partial charge in [-0.15, -0.1) is 0 Å². The average Bonchev–Trinajstić information content (AvgIpc) is 3.10. The Balaban J connectivity index is 2.14. The average molecular weight is 319 g/mol. The summed E-state index contributed by atoms with van der Waals surface area (Å²) in [7, 11) is 1.51. The Kier molecular flexibility index (Phi) is 3.73. The predicted molar refractivity (Wildman–Crippen MR) is 80.9 cm³/mol. The molecule has 1 aromatic carbocycles. The first-order valence-corrected chi connectivity index (χ1v) is 7.04. The Morgan fingerprint density at radius 1 is 1.39 bits per heavy atom. The number of aryl methyl sites for hydroxylation is 1. The van der Waals surface area contributed by atoms with Gasteiger partial charge < -0.3 is 25.0 Å². The Bertz CT molecular complexity index is 808. The van der Waals surface area contributed by atoms with Crippen LogP contribution >= 0.6 is 0 Å². The van der Waals surface area contributed by atoms with Crippen molar-refractivity contribution in [1.82, 2.24) is 10.2 Å². The monoisotopic (exact) mass is 319 g/mol. The van der Waals surface area contributed by atoms with Gasteiger partial charge in [-0.25, -0.2) is 0 Å². The fourth-order valence-electron chi connectivity index (χ4n) is 2.81. The number of nitrogens with one attached hydrogen (secondary N) is 2. The van der Waals surface area contributed by atoms with Crippen LogP contribution in [-0.4, -0.2) is 30.0 Å². The van der Waals surface area contributed by atoms with E-state index in [-0.39, 0.29) is 18.8 Å². The number of methoxy groups -OCH3 is 1. The van der Waals surface area contributed by atoms with E-state index in [4.69, 9.17) is 19.9 Å². The first-order chi connectivity index (χ1) is 11.0. The molecule has 0 saturated carbocycles. The summed E-state index contributed by atoms with van der Waals surface area (Å²) in [6.07, 6.45) is -0.00935. The number of ether oxygens (including phenoxy) is 3. The van der Waals surface area contributed by atoms with E-state index in [1.165, 1.54) is 7.11 Å². The van der Waals surface area contributed by atoms with Crippen LogP contribution in [0.4, 0.5) is 0 Å². The van der Waals surface area contributed by atoms with Gasteiger partial charge in [0.25, 0.3) is 5.56 Å². The highest BCUT2D eigenvalue weighted by atomic mass is 16.7. The van der Waals surface area contributed by atoms with Crippen molar-refractivity contribution in [1.29, 1.82) is 0 Å². The molecule has 3 rings (SSSR count). The van der Waals surface area contributed by atoms with Gasteiger partial charge in [-0.05, 0) is 24.6 Å². The van der Waals surface area contributed by atoms with Gasteiger partial charge in [0.2, 0.25) is 18.4 Å². The highest BCUT2D eigenvalue weighted by Crippen LogP contribution is 2.44. The van der Waals surface area contributed by atoms with Crippen LogP contribution in [0.2, 0.25) is 0 Å². The maximum atomic E-state index is 12.1. The third-order valence-corrected chi connectivity index (χ3v) is 3.85. The lowest BCUT2D eigenvalue weighted by atomic mass is 9.88. The van der Waals surface area contributed by atoms with Crippen LogP contribution in [0.1, 0.15) is 29.2 Å². The Labute approximate surface area is 131 Å². The van der Waals surface area contributed by atoms with Gasteiger partial charge in [0.1, 0.15) is 0 Å². The lowest BCUT2D eigenvalue weighted by Crippen LogP contribution is -2.20. The minimum atomic E-state index is -0.508. The van der Waals surface area contributed by atoms with Crippen LogP contribution in [0.25, 0.3) is 0 Å². The van der Waals surface area contributed by atoms with Gasteiger partial charge >= 0.3 is 0 Å². The van der Waals surface area contributed by atoms with Crippen LogP contribution < -0.4 is 25.5 Å². The second-order valence-electron chi connectivity index (χ2n) is 5.30. The molecule has 0 bridgehead atoms. The molecule has 4 N–H and O–H groups in total. The van der Waals surface area contributed by atoms with E-state index >= 15 is 0 Å². The van der Waals surface area contributed by atoms with E-state index < -0.39 is 11.8 Å². The summed E-state index contributed by atoms with van der Waals surface area (Å²) >= 11 is 0. The van der Waals surface area contributed by atoms with Gasteiger partial charge in [-0.2, -0.15) is 0 Å². The van der Waals surface area contributed by atoms with Gasteiger partial charge in [-0.1, -0.05) is 0 Å². The number of carbonyl (C=O) groups is 1. The first-order valence-electron chi connectivity index (χ1n) is 7.04. The zero-order valence-corrected chi connectivity index (χ0v) is 12.8. The predicted octanol–water partition coefficient (Wildman–Crippen LogP) is 0.756. The van der Waals surface area contributed by atoms with Gasteiger partial charge in [-0.3, -0.25) is 14.7 Å². The fourth-order valence-corrected chi connectivity index (χ4v) is 2.81. The van der Waals surface area contributed by atoms with Gasteiger partial charge in [0.15, 0.2) is 11.5 Å². The van der Waals surface area contributed by atoms with Crippen molar-refractivity contribution in [3.8, 4) is 17.2 Å². The summed E-state index contributed by atoms with van der Waals surface area (Å²) in [6, 6.07) is 3.47. The van der Waals surface area contributed by atoms with Crippen molar-refractivity contribution in [3.63, 3.8) is 0 Å². The largest absolute Gasteiger partial charge is 0.493 e. The number of carbonyl (C=O) groups excluding carboxylic acids is 1. The number of primary amides is 1. The molecule has 8 heteroatoms. The van der Waals surface area contributed by atoms with Crippen molar-refractivity contribution in [2.45, 2.75) is 19.3 Å². The summed E-state index contributed by atoms with van der Waals surface area (Å²) < 4.78 is 16.1. The summed E-state index contributed by atoms with van der Waals surface area (Å²) in [5.41, 5.74) is 6.89. The Hall–Kier alpha value is -2.90. The molecule has 0 fully saturated rings. The number of nitrogens with two attached hydrogens (primary N) is 1. The third kappa shape index (κ3) is 2.63. The lowest BCUT2D eigenvalue weighted by molar-refractivity contribution is -0.118. The number of hydrogen-bond acceptors (Lipinski definition) is 5. The van der Waals surface area contributed by atoms with E-state index in [1.807, 2.05) is 0 Å². The molecule has 0 radical (unpaired) electrons. The van der Waals surface area contributed by atoms with E-state index in [0.29, 0.717) is 34.1 Å². The van der Waals surface area contributed by atoms with E-state index in [2.05, 4.69) is 10.2 Å². The lowest BCUT2D eigenvalue weighted by Gasteiger charge is -2.17. The molecule has 122 valence electrons. The van der Waals surface area contributed by atoms with Crippen LogP contribution in [0.15, 0.2) is 16.9 Å². The second kappa shape index (κ2) is 5.71. The molecule has 0 aliphatic carbocycles. The molecule has 8 nitrogen and oxygen atoms in total. The number of rotatable bonds is 5. The summed E-state index contributed by atoms with van der Waals surface area (Å²) in [4.78, 5) is 23.6. The van der Waals surface area contributed by atoms with Crippen LogP contribution in [0.3, 0.4) is 0 Å². The number of aromatic amines is 2. The Morgan fingerprint density at radius 2 is 2.17 bits per heavy atom. The number of H-pyrrole nitrogens is 2. The Morgan fingerprint density at radius 3 is 2.78 bits per heavy atom. The van der Waals surface area contributed by atoms with Crippen molar-refractivity contribution >= 4 is 5.91 Å². The highest BCUT2D eigenvalue weighted by molar-refractivity contribution is 5.76. The molecule has 1 aliphatic heterocycles. The molecule has 1 aromatic heterocycles.